The molecule has 126 valence electrons. The lowest BCUT2D eigenvalue weighted by molar-refractivity contribution is -0.136. The van der Waals surface area contributed by atoms with E-state index in [1.165, 1.54) is 38.4 Å². The van der Waals surface area contributed by atoms with Gasteiger partial charge < -0.3 is 14.4 Å². The van der Waals surface area contributed by atoms with Crippen LogP contribution in [0, 0.1) is 12.8 Å². The SMILES string of the molecule is Cc1coc(CC(=O)O)c1C(=O)N1CCCC1C1CCCCC1. The molecule has 1 N–H and O–H groups in total. The van der Waals surface area contributed by atoms with Crippen molar-refractivity contribution in [3.05, 3.63) is 23.2 Å². The third-order valence-corrected chi connectivity index (χ3v) is 5.33. The minimum Gasteiger partial charge on any atom is -0.481 e. The molecule has 2 aliphatic rings. The maximum absolute atomic E-state index is 13.1. The van der Waals surface area contributed by atoms with Crippen molar-refractivity contribution < 1.29 is 19.1 Å². The molecule has 1 aliphatic carbocycles. The third kappa shape index (κ3) is 3.28. The van der Waals surface area contributed by atoms with Gasteiger partial charge in [-0.15, -0.1) is 0 Å². The van der Waals surface area contributed by atoms with Gasteiger partial charge in [-0.25, -0.2) is 0 Å². The van der Waals surface area contributed by atoms with Gasteiger partial charge in [-0.2, -0.15) is 0 Å². The van der Waals surface area contributed by atoms with E-state index in [0.29, 0.717) is 17.5 Å². The van der Waals surface area contributed by atoms with Crippen molar-refractivity contribution in [1.82, 2.24) is 4.90 Å². The number of likely N-dealkylation sites (tertiary alicyclic amines) is 1. The number of amides is 1. The molecule has 2 heterocycles. The second kappa shape index (κ2) is 6.77. The molecule has 1 saturated carbocycles. The summed E-state index contributed by atoms with van der Waals surface area (Å²) in [6.45, 7) is 2.59. The number of aryl methyl sites for hydroxylation is 1. The molecule has 5 nitrogen and oxygen atoms in total. The fourth-order valence-electron chi connectivity index (χ4n) is 4.25. The largest absolute Gasteiger partial charge is 0.481 e. The molecular weight excluding hydrogens is 294 g/mol. The highest BCUT2D eigenvalue weighted by atomic mass is 16.4. The summed E-state index contributed by atoms with van der Waals surface area (Å²) in [6, 6.07) is 0.315. The number of hydrogen-bond donors (Lipinski definition) is 1. The van der Waals surface area contributed by atoms with Crippen molar-refractivity contribution in [2.24, 2.45) is 5.92 Å². The monoisotopic (exact) mass is 319 g/mol. The fraction of sp³-hybridized carbons (Fsp3) is 0.667. The van der Waals surface area contributed by atoms with Crippen molar-refractivity contribution >= 4 is 11.9 Å². The second-order valence-corrected chi connectivity index (χ2v) is 6.89. The van der Waals surface area contributed by atoms with Crippen molar-refractivity contribution in [3.63, 3.8) is 0 Å². The van der Waals surface area contributed by atoms with Crippen LogP contribution < -0.4 is 0 Å². The van der Waals surface area contributed by atoms with Gasteiger partial charge >= 0.3 is 5.97 Å². The predicted molar refractivity (Wildman–Crippen MR) is 85.4 cm³/mol. The Kier molecular flexibility index (Phi) is 4.74. The van der Waals surface area contributed by atoms with Crippen molar-refractivity contribution in [1.29, 1.82) is 0 Å². The standard InChI is InChI=1S/C18H25NO4/c1-12-11-23-15(10-16(20)21)17(12)18(22)19-9-5-8-14(19)13-6-3-2-4-7-13/h11,13-14H,2-10H2,1H3,(H,20,21). The van der Waals surface area contributed by atoms with Gasteiger partial charge in [0.15, 0.2) is 0 Å². The summed E-state index contributed by atoms with van der Waals surface area (Å²) in [7, 11) is 0. The molecule has 1 atom stereocenters. The maximum atomic E-state index is 13.1. The lowest BCUT2D eigenvalue weighted by Crippen LogP contribution is -2.41. The molecule has 3 rings (SSSR count). The van der Waals surface area contributed by atoms with E-state index in [1.807, 2.05) is 11.8 Å². The molecule has 1 aromatic heterocycles. The summed E-state index contributed by atoms with van der Waals surface area (Å²) in [5, 5.41) is 9.02. The zero-order chi connectivity index (χ0) is 16.4. The molecule has 1 saturated heterocycles. The minimum absolute atomic E-state index is 0.0411. The Bertz CT molecular complexity index is 586. The number of carboxylic acids is 1. The number of carboxylic acid groups (broad SMARTS) is 1. The Balaban J connectivity index is 1.81. The molecule has 23 heavy (non-hydrogen) atoms. The molecule has 0 aromatic carbocycles. The maximum Gasteiger partial charge on any atom is 0.311 e. The van der Waals surface area contributed by atoms with Crippen LogP contribution in [0.25, 0.3) is 0 Å². The Morgan fingerprint density at radius 2 is 1.96 bits per heavy atom. The summed E-state index contributed by atoms with van der Waals surface area (Å²) in [6.07, 6.45) is 9.62. The third-order valence-electron chi connectivity index (χ3n) is 5.33. The number of carbonyl (C=O) groups excluding carboxylic acids is 1. The highest BCUT2D eigenvalue weighted by Gasteiger charge is 2.37. The highest BCUT2D eigenvalue weighted by molar-refractivity contribution is 5.97. The predicted octanol–water partition coefficient (Wildman–Crippen LogP) is 3.40. The van der Waals surface area contributed by atoms with Gasteiger partial charge in [0.05, 0.1) is 11.8 Å². The summed E-state index contributed by atoms with van der Waals surface area (Å²) in [4.78, 5) is 26.0. The van der Waals surface area contributed by atoms with Crippen molar-refractivity contribution in [3.8, 4) is 0 Å². The molecule has 2 fully saturated rings. The van der Waals surface area contributed by atoms with Crippen LogP contribution in [-0.4, -0.2) is 34.5 Å². The molecule has 5 heteroatoms. The van der Waals surface area contributed by atoms with Crippen LogP contribution in [0.5, 0.6) is 0 Å². The summed E-state index contributed by atoms with van der Waals surface area (Å²) in [5.41, 5.74) is 1.20. The lowest BCUT2D eigenvalue weighted by atomic mass is 9.83. The van der Waals surface area contributed by atoms with E-state index in [1.54, 1.807) is 0 Å². The highest BCUT2D eigenvalue weighted by Crippen LogP contribution is 2.35. The first-order valence-corrected chi connectivity index (χ1v) is 8.67. The van der Waals surface area contributed by atoms with Gasteiger partial charge in [0.1, 0.15) is 12.2 Å². The van der Waals surface area contributed by atoms with Crippen molar-refractivity contribution in [2.45, 2.75) is 64.3 Å². The Labute approximate surface area is 136 Å². The molecule has 0 radical (unpaired) electrons. The molecule has 1 unspecified atom stereocenters. The van der Waals surface area contributed by atoms with E-state index >= 15 is 0 Å². The van der Waals surface area contributed by atoms with E-state index in [0.717, 1.165) is 24.9 Å². The number of aliphatic carboxylic acids is 1. The van der Waals surface area contributed by atoms with Crippen LogP contribution in [0.1, 0.15) is 66.6 Å². The lowest BCUT2D eigenvalue weighted by Gasteiger charge is -2.34. The smallest absolute Gasteiger partial charge is 0.311 e. The second-order valence-electron chi connectivity index (χ2n) is 6.89. The fourth-order valence-corrected chi connectivity index (χ4v) is 4.25. The van der Waals surface area contributed by atoms with Gasteiger partial charge in [-0.1, -0.05) is 19.3 Å². The molecule has 1 aromatic rings. The summed E-state index contributed by atoms with van der Waals surface area (Å²) in [5.74, 6) is -0.126. The minimum atomic E-state index is -0.973. The van der Waals surface area contributed by atoms with E-state index in [2.05, 4.69) is 0 Å². The van der Waals surface area contributed by atoms with Crippen LogP contribution in [0.2, 0.25) is 0 Å². The van der Waals surface area contributed by atoms with E-state index < -0.39 is 5.97 Å². The topological polar surface area (TPSA) is 70.7 Å². The van der Waals surface area contributed by atoms with Crippen LogP contribution in [-0.2, 0) is 11.2 Å². The Morgan fingerprint density at radius 3 is 2.65 bits per heavy atom. The number of carbonyl (C=O) groups is 2. The number of nitrogens with zero attached hydrogens (tertiary/aromatic N) is 1. The van der Waals surface area contributed by atoms with Crippen LogP contribution in [0.3, 0.4) is 0 Å². The van der Waals surface area contributed by atoms with Gasteiger partial charge in [-0.3, -0.25) is 9.59 Å². The molecular formula is C18H25NO4. The van der Waals surface area contributed by atoms with Crippen LogP contribution in [0.4, 0.5) is 0 Å². The molecule has 1 amide bonds. The van der Waals surface area contributed by atoms with E-state index in [9.17, 15) is 9.59 Å². The molecule has 0 bridgehead atoms. The number of rotatable bonds is 4. The summed E-state index contributed by atoms with van der Waals surface area (Å²) >= 11 is 0. The number of furan rings is 1. The van der Waals surface area contributed by atoms with Gasteiger partial charge in [0, 0.05) is 18.2 Å². The average molecular weight is 319 g/mol. The van der Waals surface area contributed by atoms with Crippen molar-refractivity contribution in [2.75, 3.05) is 6.54 Å². The van der Waals surface area contributed by atoms with E-state index in [-0.39, 0.29) is 18.1 Å². The van der Waals surface area contributed by atoms with Gasteiger partial charge in [0.2, 0.25) is 0 Å². The zero-order valence-electron chi connectivity index (χ0n) is 13.7. The first kappa shape index (κ1) is 16.1. The molecule has 1 aliphatic heterocycles. The van der Waals surface area contributed by atoms with Crippen LogP contribution >= 0.6 is 0 Å². The van der Waals surface area contributed by atoms with Gasteiger partial charge in [0.25, 0.3) is 5.91 Å². The normalized spacial score (nSPS) is 22.5. The summed E-state index contributed by atoms with van der Waals surface area (Å²) < 4.78 is 5.34. The van der Waals surface area contributed by atoms with E-state index in [4.69, 9.17) is 9.52 Å². The first-order valence-electron chi connectivity index (χ1n) is 8.67. The first-order chi connectivity index (χ1) is 11.1. The zero-order valence-corrected chi connectivity index (χ0v) is 13.7. The molecule has 0 spiro atoms. The Hall–Kier alpha value is -1.78. The van der Waals surface area contributed by atoms with Gasteiger partial charge in [-0.05, 0) is 38.5 Å². The Morgan fingerprint density at radius 1 is 1.22 bits per heavy atom. The quantitative estimate of drug-likeness (QED) is 0.923. The average Bonchev–Trinajstić information content (AvgIpc) is 3.14. The number of hydrogen-bond acceptors (Lipinski definition) is 3. The van der Waals surface area contributed by atoms with Crippen LogP contribution in [0.15, 0.2) is 10.7 Å².